The Kier molecular flexibility index (Phi) is 2.19. The van der Waals surface area contributed by atoms with E-state index in [4.69, 9.17) is 0 Å². The summed E-state index contributed by atoms with van der Waals surface area (Å²) in [5, 5.41) is 0. The van der Waals surface area contributed by atoms with Crippen LogP contribution in [-0.4, -0.2) is 7.28 Å². The van der Waals surface area contributed by atoms with Gasteiger partial charge in [-0.05, 0) is 42.5 Å². The van der Waals surface area contributed by atoms with Gasteiger partial charge in [-0.3, -0.25) is 0 Å². The highest BCUT2D eigenvalue weighted by molar-refractivity contribution is 6.37. The molecule has 0 spiro atoms. The van der Waals surface area contributed by atoms with E-state index < -0.39 is 0 Å². The van der Waals surface area contributed by atoms with Gasteiger partial charge in [0.05, 0.1) is 0 Å². The molecule has 1 unspecified atom stereocenters. The Labute approximate surface area is 81.6 Å². The Morgan fingerprint density at radius 1 is 1.31 bits per heavy atom. The first-order valence-electron chi connectivity index (χ1n) is 5.09. The van der Waals surface area contributed by atoms with Gasteiger partial charge in [-0.2, -0.15) is 0 Å². The lowest BCUT2D eigenvalue weighted by atomic mass is 9.54. The molecule has 1 aliphatic rings. The van der Waals surface area contributed by atoms with E-state index in [2.05, 4.69) is 40.2 Å². The standard InChI is InChI=1S/C12H16B/c1-8-4-5-11-6-9(2)13-7-12(11)10(8)3/h4-5,9H,6-7H2,1-3H3. The van der Waals surface area contributed by atoms with Crippen LogP contribution in [0.4, 0.5) is 0 Å². The van der Waals surface area contributed by atoms with Gasteiger partial charge >= 0.3 is 0 Å². The van der Waals surface area contributed by atoms with Gasteiger partial charge in [-0.1, -0.05) is 31.2 Å². The topological polar surface area (TPSA) is 0 Å². The second-order valence-electron chi connectivity index (χ2n) is 4.27. The minimum absolute atomic E-state index is 0.759. The molecule has 13 heavy (non-hydrogen) atoms. The van der Waals surface area contributed by atoms with Crippen molar-refractivity contribution in [2.24, 2.45) is 0 Å². The van der Waals surface area contributed by atoms with Crippen LogP contribution in [-0.2, 0) is 12.7 Å². The van der Waals surface area contributed by atoms with Crippen molar-refractivity contribution >= 4 is 7.28 Å². The Hall–Kier alpha value is -0.715. The molecular formula is C12H16B. The minimum Gasteiger partial charge on any atom is -0.0694 e. The van der Waals surface area contributed by atoms with Crippen molar-refractivity contribution in [1.29, 1.82) is 0 Å². The molecule has 1 radical (unpaired) electrons. The van der Waals surface area contributed by atoms with Crippen LogP contribution in [0.3, 0.4) is 0 Å². The van der Waals surface area contributed by atoms with Crippen LogP contribution in [0.25, 0.3) is 0 Å². The normalized spacial score (nSPS) is 20.7. The molecule has 0 fully saturated rings. The predicted molar refractivity (Wildman–Crippen MR) is 58.5 cm³/mol. The summed E-state index contributed by atoms with van der Waals surface area (Å²) in [6, 6.07) is 4.56. The van der Waals surface area contributed by atoms with Crippen LogP contribution in [0.5, 0.6) is 0 Å². The quantitative estimate of drug-likeness (QED) is 0.526. The average molecular weight is 171 g/mol. The van der Waals surface area contributed by atoms with E-state index >= 15 is 0 Å². The summed E-state index contributed by atoms with van der Waals surface area (Å²) in [6.45, 7) is 6.75. The van der Waals surface area contributed by atoms with Crippen LogP contribution >= 0.6 is 0 Å². The third kappa shape index (κ3) is 1.52. The van der Waals surface area contributed by atoms with Crippen molar-refractivity contribution in [2.45, 2.75) is 39.3 Å². The maximum Gasteiger partial charge on any atom is 0.119 e. The fourth-order valence-electron chi connectivity index (χ4n) is 2.15. The Morgan fingerprint density at radius 3 is 2.85 bits per heavy atom. The molecular weight excluding hydrogens is 155 g/mol. The van der Waals surface area contributed by atoms with Gasteiger partial charge in [0, 0.05) is 0 Å². The van der Waals surface area contributed by atoms with E-state index in [0.717, 1.165) is 5.82 Å². The van der Waals surface area contributed by atoms with Crippen molar-refractivity contribution in [1.82, 2.24) is 0 Å². The predicted octanol–water partition coefficient (Wildman–Crippen LogP) is 2.87. The molecule has 2 rings (SSSR count). The smallest absolute Gasteiger partial charge is 0.0694 e. The van der Waals surface area contributed by atoms with Gasteiger partial charge in [-0.25, -0.2) is 0 Å². The summed E-state index contributed by atoms with van der Waals surface area (Å²) in [7, 11) is 2.44. The molecule has 1 aromatic rings. The molecule has 1 atom stereocenters. The van der Waals surface area contributed by atoms with Crippen LogP contribution in [0.2, 0.25) is 5.82 Å². The summed E-state index contributed by atoms with van der Waals surface area (Å²) < 4.78 is 0. The zero-order valence-electron chi connectivity index (χ0n) is 8.72. The fourth-order valence-corrected chi connectivity index (χ4v) is 2.15. The molecule has 0 saturated heterocycles. The van der Waals surface area contributed by atoms with E-state index in [1.807, 2.05) is 0 Å². The summed E-state index contributed by atoms with van der Waals surface area (Å²) in [4.78, 5) is 0. The zero-order valence-corrected chi connectivity index (χ0v) is 8.72. The fraction of sp³-hybridized carbons (Fsp3) is 0.500. The van der Waals surface area contributed by atoms with E-state index in [1.54, 1.807) is 11.1 Å². The zero-order chi connectivity index (χ0) is 9.42. The summed E-state index contributed by atoms with van der Waals surface area (Å²) in [5.41, 5.74) is 6.08. The molecule has 0 saturated carbocycles. The van der Waals surface area contributed by atoms with E-state index in [9.17, 15) is 0 Å². The number of rotatable bonds is 0. The number of aryl methyl sites for hydroxylation is 1. The van der Waals surface area contributed by atoms with E-state index in [-0.39, 0.29) is 0 Å². The lowest BCUT2D eigenvalue weighted by Crippen LogP contribution is -2.17. The van der Waals surface area contributed by atoms with Gasteiger partial charge in [0.2, 0.25) is 0 Å². The molecule has 1 heteroatoms. The van der Waals surface area contributed by atoms with Crippen LogP contribution < -0.4 is 0 Å². The summed E-state index contributed by atoms with van der Waals surface area (Å²) in [6.07, 6.45) is 2.40. The van der Waals surface area contributed by atoms with Gasteiger partial charge in [0.25, 0.3) is 0 Å². The molecule has 0 bridgehead atoms. The van der Waals surface area contributed by atoms with Crippen molar-refractivity contribution in [3.05, 3.63) is 34.4 Å². The maximum absolute atomic E-state index is 2.44. The van der Waals surface area contributed by atoms with Gasteiger partial charge in [0.1, 0.15) is 7.28 Å². The second-order valence-corrected chi connectivity index (χ2v) is 4.27. The van der Waals surface area contributed by atoms with Crippen molar-refractivity contribution in [2.75, 3.05) is 0 Å². The first-order chi connectivity index (χ1) is 6.18. The number of fused-ring (bicyclic) bond motifs is 1. The van der Waals surface area contributed by atoms with Gasteiger partial charge < -0.3 is 0 Å². The Bertz CT molecular complexity index is 328. The average Bonchev–Trinajstić information content (AvgIpc) is 2.12. The Morgan fingerprint density at radius 2 is 2.08 bits per heavy atom. The molecule has 1 heterocycles. The van der Waals surface area contributed by atoms with Crippen LogP contribution in [0.1, 0.15) is 29.2 Å². The molecule has 1 aliphatic heterocycles. The lowest BCUT2D eigenvalue weighted by molar-refractivity contribution is 0.856. The monoisotopic (exact) mass is 171 g/mol. The first kappa shape index (κ1) is 8.86. The number of benzene rings is 1. The summed E-state index contributed by atoms with van der Waals surface area (Å²) in [5.74, 6) is 0.759. The third-order valence-electron chi connectivity index (χ3n) is 3.23. The number of hydrogen-bond donors (Lipinski definition) is 0. The SMILES string of the molecule is Cc1ccc2c(c1C)C[B]C(C)C2. The highest BCUT2D eigenvalue weighted by Gasteiger charge is 2.17. The van der Waals surface area contributed by atoms with E-state index in [1.165, 1.54) is 23.9 Å². The molecule has 0 amide bonds. The molecule has 1 aromatic carbocycles. The first-order valence-corrected chi connectivity index (χ1v) is 5.09. The highest BCUT2D eigenvalue weighted by atomic mass is 14.1. The van der Waals surface area contributed by atoms with E-state index in [0.29, 0.717) is 0 Å². The molecule has 0 aromatic heterocycles. The minimum atomic E-state index is 0.759. The van der Waals surface area contributed by atoms with Gasteiger partial charge in [-0.15, -0.1) is 0 Å². The number of hydrogen-bond acceptors (Lipinski definition) is 0. The van der Waals surface area contributed by atoms with Gasteiger partial charge in [0.15, 0.2) is 0 Å². The molecule has 0 aliphatic carbocycles. The van der Waals surface area contributed by atoms with Crippen LogP contribution in [0, 0.1) is 13.8 Å². The largest absolute Gasteiger partial charge is 0.119 e. The maximum atomic E-state index is 2.44. The highest BCUT2D eigenvalue weighted by Crippen LogP contribution is 2.27. The lowest BCUT2D eigenvalue weighted by Gasteiger charge is -2.23. The second kappa shape index (κ2) is 3.21. The third-order valence-corrected chi connectivity index (χ3v) is 3.23. The van der Waals surface area contributed by atoms with Crippen molar-refractivity contribution in [3.63, 3.8) is 0 Å². The van der Waals surface area contributed by atoms with Crippen LogP contribution in [0.15, 0.2) is 12.1 Å². The Balaban J connectivity index is 2.47. The van der Waals surface area contributed by atoms with Crippen molar-refractivity contribution in [3.8, 4) is 0 Å². The molecule has 67 valence electrons. The molecule has 0 nitrogen and oxygen atoms in total. The summed E-state index contributed by atoms with van der Waals surface area (Å²) >= 11 is 0. The molecule has 0 N–H and O–H groups in total. The van der Waals surface area contributed by atoms with Crippen molar-refractivity contribution < 1.29 is 0 Å².